The average Bonchev–Trinajstić information content (AvgIpc) is 3.26. The molecule has 1 fully saturated rings. The quantitative estimate of drug-likeness (QED) is 0.761. The van der Waals surface area contributed by atoms with E-state index in [0.29, 0.717) is 18.4 Å². The molecule has 0 spiro atoms. The Morgan fingerprint density at radius 1 is 1.19 bits per heavy atom. The Morgan fingerprint density at radius 3 is 2.88 bits per heavy atom. The Labute approximate surface area is 152 Å². The molecule has 3 heterocycles. The third-order valence-electron chi connectivity index (χ3n) is 5.03. The second-order valence-corrected chi connectivity index (χ2v) is 6.94. The summed E-state index contributed by atoms with van der Waals surface area (Å²) in [5.74, 6) is 0.852. The van der Waals surface area contributed by atoms with Gasteiger partial charge in [0.2, 0.25) is 0 Å². The summed E-state index contributed by atoms with van der Waals surface area (Å²) < 4.78 is 1.90. The van der Waals surface area contributed by atoms with Gasteiger partial charge in [-0.2, -0.15) is 0 Å². The minimum absolute atomic E-state index is 0.178. The van der Waals surface area contributed by atoms with Crippen molar-refractivity contribution in [2.45, 2.75) is 5.92 Å². The van der Waals surface area contributed by atoms with Crippen molar-refractivity contribution in [2.75, 3.05) is 32.0 Å². The fourth-order valence-corrected chi connectivity index (χ4v) is 3.76. The monoisotopic (exact) mass is 349 g/mol. The molecule has 2 amide bonds. The van der Waals surface area contributed by atoms with Gasteiger partial charge < -0.3 is 19.9 Å². The van der Waals surface area contributed by atoms with Gasteiger partial charge in [0.25, 0.3) is 0 Å². The maximum Gasteiger partial charge on any atom is 0.319 e. The number of fused-ring (bicyclic) bond motifs is 1. The molecule has 2 aromatic heterocycles. The molecule has 0 aliphatic carbocycles. The number of pyridine rings is 1. The molecule has 0 bridgehead atoms. The first kappa shape index (κ1) is 16.6. The van der Waals surface area contributed by atoms with Crippen LogP contribution in [0.1, 0.15) is 11.5 Å². The molecule has 6 nitrogen and oxygen atoms in total. The second kappa shape index (κ2) is 7.17. The maximum atomic E-state index is 12.3. The number of nitrogens with zero attached hydrogens (tertiary/aromatic N) is 3. The van der Waals surface area contributed by atoms with Crippen LogP contribution in [-0.4, -0.2) is 47.0 Å². The van der Waals surface area contributed by atoms with Gasteiger partial charge in [0.1, 0.15) is 5.65 Å². The van der Waals surface area contributed by atoms with E-state index in [-0.39, 0.29) is 6.03 Å². The summed E-state index contributed by atoms with van der Waals surface area (Å²) in [6.45, 7) is 2.66. The number of nitrogens with one attached hydrogen (secondary N) is 2. The molecule has 0 saturated carbocycles. The van der Waals surface area contributed by atoms with Crippen LogP contribution in [0.4, 0.5) is 10.5 Å². The molecule has 134 valence electrons. The molecule has 1 saturated heterocycles. The van der Waals surface area contributed by atoms with Crippen molar-refractivity contribution in [2.24, 2.45) is 5.92 Å². The lowest BCUT2D eigenvalue weighted by Gasteiger charge is -2.19. The molecular weight excluding hydrogens is 326 g/mol. The molecule has 1 aliphatic rings. The van der Waals surface area contributed by atoms with Crippen LogP contribution in [0.2, 0.25) is 0 Å². The predicted molar refractivity (Wildman–Crippen MR) is 102 cm³/mol. The Balaban J connectivity index is 1.37. The van der Waals surface area contributed by atoms with Crippen molar-refractivity contribution in [3.8, 4) is 0 Å². The molecule has 0 unspecified atom stereocenters. The molecule has 2 atom stereocenters. The molecule has 1 aromatic carbocycles. The number of hydrogen-bond acceptors (Lipinski definition) is 3. The highest BCUT2D eigenvalue weighted by Crippen LogP contribution is 2.31. The number of rotatable bonds is 4. The van der Waals surface area contributed by atoms with E-state index in [1.165, 1.54) is 5.56 Å². The number of carbonyl (C=O) groups excluding carboxylic acids is 1. The lowest BCUT2D eigenvalue weighted by molar-refractivity contribution is 0.249. The van der Waals surface area contributed by atoms with E-state index in [4.69, 9.17) is 0 Å². The number of imidazole rings is 1. The first-order chi connectivity index (χ1) is 12.7. The molecular formula is C20H23N5O. The highest BCUT2D eigenvalue weighted by atomic mass is 16.2. The number of aromatic nitrogens is 2. The average molecular weight is 349 g/mol. The molecule has 0 radical (unpaired) electrons. The van der Waals surface area contributed by atoms with Crippen molar-refractivity contribution < 1.29 is 4.79 Å². The van der Waals surface area contributed by atoms with Gasteiger partial charge >= 0.3 is 6.03 Å². The van der Waals surface area contributed by atoms with E-state index in [1.54, 1.807) is 6.20 Å². The zero-order valence-electron chi connectivity index (χ0n) is 14.8. The predicted octanol–water partition coefficient (Wildman–Crippen LogP) is 2.80. The van der Waals surface area contributed by atoms with E-state index in [2.05, 4.69) is 51.8 Å². The van der Waals surface area contributed by atoms with Gasteiger partial charge in [-0.05, 0) is 24.6 Å². The minimum atomic E-state index is -0.178. The van der Waals surface area contributed by atoms with Crippen LogP contribution in [0.25, 0.3) is 5.65 Å². The summed E-state index contributed by atoms with van der Waals surface area (Å²) >= 11 is 0. The fraction of sp³-hybridized carbons (Fsp3) is 0.300. The largest absolute Gasteiger partial charge is 0.338 e. The molecule has 3 aromatic rings. The first-order valence-corrected chi connectivity index (χ1v) is 8.90. The van der Waals surface area contributed by atoms with Crippen LogP contribution in [0, 0.1) is 5.92 Å². The summed E-state index contributed by atoms with van der Waals surface area (Å²) in [5, 5.41) is 5.93. The third-order valence-corrected chi connectivity index (χ3v) is 5.03. The van der Waals surface area contributed by atoms with Crippen molar-refractivity contribution in [1.29, 1.82) is 0 Å². The Kier molecular flexibility index (Phi) is 4.58. The van der Waals surface area contributed by atoms with Crippen LogP contribution >= 0.6 is 0 Å². The Bertz CT molecular complexity index is 891. The number of benzene rings is 1. The highest BCUT2D eigenvalue weighted by molar-refractivity contribution is 5.89. The zero-order chi connectivity index (χ0) is 17.9. The summed E-state index contributed by atoms with van der Waals surface area (Å²) in [5.41, 5.74) is 2.89. The topological polar surface area (TPSA) is 61.7 Å². The maximum absolute atomic E-state index is 12.3. The van der Waals surface area contributed by atoms with Crippen LogP contribution < -0.4 is 10.6 Å². The van der Waals surface area contributed by atoms with E-state index in [9.17, 15) is 4.79 Å². The van der Waals surface area contributed by atoms with E-state index < -0.39 is 0 Å². The van der Waals surface area contributed by atoms with Crippen LogP contribution in [-0.2, 0) is 0 Å². The van der Waals surface area contributed by atoms with Gasteiger partial charge in [0, 0.05) is 55.9 Å². The summed E-state index contributed by atoms with van der Waals surface area (Å²) in [6, 6.07) is 14.1. The number of urea groups is 1. The van der Waals surface area contributed by atoms with E-state index >= 15 is 0 Å². The van der Waals surface area contributed by atoms with E-state index in [1.807, 2.05) is 35.0 Å². The molecule has 2 N–H and O–H groups in total. The van der Waals surface area contributed by atoms with Crippen molar-refractivity contribution in [3.05, 3.63) is 66.6 Å². The van der Waals surface area contributed by atoms with Crippen LogP contribution in [0.15, 0.2) is 61.1 Å². The third kappa shape index (κ3) is 3.55. The van der Waals surface area contributed by atoms with E-state index in [0.717, 1.165) is 24.4 Å². The van der Waals surface area contributed by atoms with Gasteiger partial charge in [-0.15, -0.1) is 0 Å². The number of amides is 2. The van der Waals surface area contributed by atoms with Gasteiger partial charge in [0.05, 0.1) is 0 Å². The Morgan fingerprint density at radius 2 is 2.04 bits per heavy atom. The van der Waals surface area contributed by atoms with Crippen molar-refractivity contribution in [3.63, 3.8) is 0 Å². The minimum Gasteiger partial charge on any atom is -0.338 e. The van der Waals surface area contributed by atoms with Gasteiger partial charge in [-0.25, -0.2) is 9.78 Å². The van der Waals surface area contributed by atoms with Gasteiger partial charge in [-0.3, -0.25) is 0 Å². The number of carbonyl (C=O) groups is 1. The molecule has 6 heteroatoms. The molecule has 26 heavy (non-hydrogen) atoms. The number of anilines is 1. The lowest BCUT2D eigenvalue weighted by Crippen LogP contribution is -2.35. The molecule has 1 aliphatic heterocycles. The van der Waals surface area contributed by atoms with Crippen LogP contribution in [0.3, 0.4) is 0 Å². The second-order valence-electron chi connectivity index (χ2n) is 6.94. The number of likely N-dealkylation sites (N-methyl/N-ethyl adjacent to an activating group) is 1. The van der Waals surface area contributed by atoms with Crippen molar-refractivity contribution >= 4 is 17.4 Å². The van der Waals surface area contributed by atoms with Crippen molar-refractivity contribution in [1.82, 2.24) is 19.6 Å². The molecule has 4 rings (SSSR count). The van der Waals surface area contributed by atoms with Crippen LogP contribution in [0.5, 0.6) is 0 Å². The van der Waals surface area contributed by atoms with Gasteiger partial charge in [0.15, 0.2) is 0 Å². The number of likely N-dealkylation sites (tertiary alicyclic amines) is 1. The first-order valence-electron chi connectivity index (χ1n) is 8.90. The summed E-state index contributed by atoms with van der Waals surface area (Å²) in [7, 11) is 2.13. The zero-order valence-corrected chi connectivity index (χ0v) is 14.8. The normalized spacial score (nSPS) is 20.3. The smallest absolute Gasteiger partial charge is 0.319 e. The lowest BCUT2D eigenvalue weighted by atomic mass is 9.89. The summed E-state index contributed by atoms with van der Waals surface area (Å²) in [6.07, 6.45) is 5.49. The Hall–Kier alpha value is -2.86. The summed E-state index contributed by atoms with van der Waals surface area (Å²) in [4.78, 5) is 18.9. The van der Waals surface area contributed by atoms with Gasteiger partial charge in [-0.1, -0.05) is 30.3 Å². The number of hydrogen-bond donors (Lipinski definition) is 2. The SMILES string of the molecule is CN1C[C@@H](CNC(=O)Nc2ccn3ccnc3c2)[C@H](c2ccccc2)C1. The fourth-order valence-electron chi connectivity index (χ4n) is 3.76. The standard InChI is InChI=1S/C20H23N5O/c1-24-13-16(18(14-24)15-5-3-2-4-6-15)12-22-20(26)23-17-7-9-25-10-8-21-19(25)11-17/h2-11,16,18H,12-14H2,1H3,(H2,22,23,26)/t16-,18+/m1/s1. The highest BCUT2D eigenvalue weighted by Gasteiger charge is 2.31.